The summed E-state index contributed by atoms with van der Waals surface area (Å²) < 4.78 is 15.2. The summed E-state index contributed by atoms with van der Waals surface area (Å²) in [4.78, 5) is 4.08. The molecule has 5 rings (SSSR count). The predicted molar refractivity (Wildman–Crippen MR) is 116 cm³/mol. The Morgan fingerprint density at radius 1 is 1.23 bits per heavy atom. The first-order valence-corrected chi connectivity index (χ1v) is 10.5. The number of benzene rings is 1. The second kappa shape index (κ2) is 7.13. The Kier molecular flexibility index (Phi) is 4.54. The highest BCUT2D eigenvalue weighted by Crippen LogP contribution is 2.43. The molecule has 4 atom stereocenters. The van der Waals surface area contributed by atoms with Gasteiger partial charge in [0.05, 0.1) is 11.4 Å². The SMILES string of the molecule is C=C(c1ccc(-c2cc3ccncc3cc2O)nn1)[C@@H]1C[C@@]2(C)CCCC(N2)[C@H]1F. The number of halogens is 1. The van der Waals surface area contributed by atoms with Crippen molar-refractivity contribution in [2.45, 2.75) is 50.4 Å². The number of phenolic OH excluding ortho intramolecular Hbond substituents is 1. The first-order valence-electron chi connectivity index (χ1n) is 10.5. The number of fused-ring (bicyclic) bond motifs is 3. The van der Waals surface area contributed by atoms with Crippen molar-refractivity contribution in [2.24, 2.45) is 5.92 Å². The lowest BCUT2D eigenvalue weighted by atomic mass is 9.69. The first-order chi connectivity index (χ1) is 14.4. The summed E-state index contributed by atoms with van der Waals surface area (Å²) in [5.74, 6) is -0.137. The van der Waals surface area contributed by atoms with Crippen LogP contribution in [0.1, 0.15) is 38.3 Å². The van der Waals surface area contributed by atoms with E-state index >= 15 is 4.39 Å². The molecule has 0 spiro atoms. The molecule has 2 N–H and O–H groups in total. The molecule has 2 aliphatic rings. The first kappa shape index (κ1) is 19.1. The number of aromatic nitrogens is 3. The van der Waals surface area contributed by atoms with E-state index < -0.39 is 6.17 Å². The fourth-order valence-corrected chi connectivity index (χ4v) is 5.06. The fourth-order valence-electron chi connectivity index (χ4n) is 5.06. The summed E-state index contributed by atoms with van der Waals surface area (Å²) in [7, 11) is 0. The largest absolute Gasteiger partial charge is 0.507 e. The number of piperidine rings is 2. The van der Waals surface area contributed by atoms with Gasteiger partial charge in [-0.05, 0) is 73.9 Å². The van der Waals surface area contributed by atoms with Crippen LogP contribution in [0, 0.1) is 5.92 Å². The molecule has 2 fully saturated rings. The number of allylic oxidation sites excluding steroid dienone is 1. The van der Waals surface area contributed by atoms with Crippen molar-refractivity contribution < 1.29 is 9.50 Å². The molecular weight excluding hydrogens is 379 g/mol. The fraction of sp³-hybridized carbons (Fsp3) is 0.375. The molecular formula is C24H25FN4O. The van der Waals surface area contributed by atoms with Crippen LogP contribution in [0.3, 0.4) is 0 Å². The van der Waals surface area contributed by atoms with Crippen LogP contribution < -0.4 is 5.32 Å². The minimum atomic E-state index is -0.967. The van der Waals surface area contributed by atoms with Gasteiger partial charge in [0.15, 0.2) is 0 Å². The van der Waals surface area contributed by atoms with Crippen LogP contribution in [-0.2, 0) is 0 Å². The molecule has 0 amide bonds. The van der Waals surface area contributed by atoms with Crippen molar-refractivity contribution >= 4 is 16.3 Å². The van der Waals surface area contributed by atoms with Gasteiger partial charge in [-0.25, -0.2) is 4.39 Å². The maximum Gasteiger partial charge on any atom is 0.125 e. The van der Waals surface area contributed by atoms with Crippen molar-refractivity contribution in [2.75, 3.05) is 0 Å². The Balaban J connectivity index is 1.42. The van der Waals surface area contributed by atoms with Crippen LogP contribution >= 0.6 is 0 Å². The van der Waals surface area contributed by atoms with Crippen molar-refractivity contribution in [1.29, 1.82) is 0 Å². The second-order valence-corrected chi connectivity index (χ2v) is 8.88. The highest BCUT2D eigenvalue weighted by molar-refractivity contribution is 5.89. The number of hydrogen-bond donors (Lipinski definition) is 2. The number of pyridine rings is 1. The molecule has 1 aromatic carbocycles. The minimum Gasteiger partial charge on any atom is -0.507 e. The van der Waals surface area contributed by atoms with Gasteiger partial charge in [-0.1, -0.05) is 6.58 Å². The average Bonchev–Trinajstić information content (AvgIpc) is 2.75. The molecule has 2 aliphatic heterocycles. The molecule has 6 heteroatoms. The van der Waals surface area contributed by atoms with Gasteiger partial charge in [0.2, 0.25) is 0 Å². The second-order valence-electron chi connectivity index (χ2n) is 8.88. The Hall–Kier alpha value is -2.86. The maximum absolute atomic E-state index is 15.2. The molecule has 0 radical (unpaired) electrons. The van der Waals surface area contributed by atoms with Gasteiger partial charge in [-0.3, -0.25) is 4.98 Å². The van der Waals surface area contributed by atoms with Crippen LogP contribution in [0.5, 0.6) is 5.75 Å². The molecule has 30 heavy (non-hydrogen) atoms. The summed E-state index contributed by atoms with van der Waals surface area (Å²) in [6, 6.07) is 8.96. The van der Waals surface area contributed by atoms with E-state index in [0.29, 0.717) is 28.9 Å². The third kappa shape index (κ3) is 3.25. The molecule has 5 nitrogen and oxygen atoms in total. The Bertz CT molecular complexity index is 1120. The van der Waals surface area contributed by atoms with Crippen molar-refractivity contribution in [3.05, 3.63) is 55.0 Å². The zero-order valence-electron chi connectivity index (χ0n) is 17.0. The number of aromatic hydroxyl groups is 1. The van der Waals surface area contributed by atoms with Gasteiger partial charge in [-0.15, -0.1) is 5.10 Å². The summed E-state index contributed by atoms with van der Waals surface area (Å²) in [5.41, 5.74) is 2.44. The van der Waals surface area contributed by atoms with Crippen molar-refractivity contribution in [3.8, 4) is 17.0 Å². The normalized spacial score (nSPS) is 28.4. The van der Waals surface area contributed by atoms with E-state index in [-0.39, 0.29) is 23.2 Å². The summed E-state index contributed by atoms with van der Waals surface area (Å²) in [6.45, 7) is 6.37. The monoisotopic (exact) mass is 404 g/mol. The van der Waals surface area contributed by atoms with Crippen LogP contribution in [0.25, 0.3) is 27.6 Å². The Morgan fingerprint density at radius 2 is 2.10 bits per heavy atom. The predicted octanol–water partition coefficient (Wildman–Crippen LogP) is 4.67. The number of phenols is 1. The van der Waals surface area contributed by atoms with Gasteiger partial charge in [-0.2, -0.15) is 5.10 Å². The van der Waals surface area contributed by atoms with Crippen LogP contribution in [0.2, 0.25) is 0 Å². The van der Waals surface area contributed by atoms with E-state index in [1.165, 1.54) is 0 Å². The zero-order valence-corrected chi connectivity index (χ0v) is 17.0. The summed E-state index contributed by atoms with van der Waals surface area (Å²) in [6.07, 6.45) is 6.15. The minimum absolute atomic E-state index is 0.0434. The van der Waals surface area contributed by atoms with E-state index in [1.807, 2.05) is 24.3 Å². The Morgan fingerprint density at radius 3 is 2.90 bits per heavy atom. The van der Waals surface area contributed by atoms with Gasteiger partial charge in [0, 0.05) is 40.8 Å². The lowest BCUT2D eigenvalue weighted by molar-refractivity contribution is 0.0525. The number of nitrogens with zero attached hydrogens (tertiary/aromatic N) is 3. The van der Waals surface area contributed by atoms with Crippen LogP contribution in [0.15, 0.2) is 49.3 Å². The highest BCUT2D eigenvalue weighted by atomic mass is 19.1. The lowest BCUT2D eigenvalue weighted by Crippen LogP contribution is -2.62. The topological polar surface area (TPSA) is 70.9 Å². The molecule has 3 aromatic rings. The summed E-state index contributed by atoms with van der Waals surface area (Å²) in [5, 5.41) is 24.4. The maximum atomic E-state index is 15.2. The smallest absolute Gasteiger partial charge is 0.125 e. The molecule has 1 unspecified atom stereocenters. The van der Waals surface area contributed by atoms with Crippen molar-refractivity contribution in [1.82, 2.24) is 20.5 Å². The van der Waals surface area contributed by atoms with E-state index in [2.05, 4.69) is 34.0 Å². The number of hydrogen-bond acceptors (Lipinski definition) is 5. The standard InChI is InChI=1S/C24H25FN4O/c1-14(18-12-24(2)8-3-4-21(27-24)23(18)25)19-5-6-20(29-28-19)17-10-15-7-9-26-13-16(15)11-22(17)30/h5-7,9-11,13,18,21,23,27,30H,1,3-4,8,12H2,2H3/t18-,21?,23-,24+/m0/s1. The third-order valence-electron chi connectivity index (χ3n) is 6.69. The van der Waals surface area contributed by atoms with Gasteiger partial charge >= 0.3 is 0 Å². The lowest BCUT2D eigenvalue weighted by Gasteiger charge is -2.49. The molecule has 0 saturated carbocycles. The highest BCUT2D eigenvalue weighted by Gasteiger charge is 2.46. The molecule has 2 aromatic heterocycles. The van der Waals surface area contributed by atoms with E-state index in [1.54, 1.807) is 18.5 Å². The van der Waals surface area contributed by atoms with E-state index in [4.69, 9.17) is 0 Å². The van der Waals surface area contributed by atoms with Gasteiger partial charge < -0.3 is 10.4 Å². The van der Waals surface area contributed by atoms with Crippen molar-refractivity contribution in [3.63, 3.8) is 0 Å². The molecule has 0 aliphatic carbocycles. The summed E-state index contributed by atoms with van der Waals surface area (Å²) >= 11 is 0. The molecule has 2 bridgehead atoms. The van der Waals surface area contributed by atoms with Crippen LogP contribution in [-0.4, -0.2) is 38.0 Å². The van der Waals surface area contributed by atoms with Crippen LogP contribution in [0.4, 0.5) is 4.39 Å². The quantitative estimate of drug-likeness (QED) is 0.664. The molecule has 4 heterocycles. The number of nitrogens with one attached hydrogen (secondary N) is 1. The Labute approximate surface area is 175 Å². The van der Waals surface area contributed by atoms with Gasteiger partial charge in [0.1, 0.15) is 11.9 Å². The van der Waals surface area contributed by atoms with Gasteiger partial charge in [0.25, 0.3) is 0 Å². The zero-order chi connectivity index (χ0) is 20.9. The number of rotatable bonds is 3. The number of alkyl halides is 1. The van der Waals surface area contributed by atoms with E-state index in [0.717, 1.165) is 30.0 Å². The third-order valence-corrected chi connectivity index (χ3v) is 6.69. The molecule has 2 saturated heterocycles. The molecule has 154 valence electrons. The van der Waals surface area contributed by atoms with E-state index in [9.17, 15) is 5.11 Å². The average molecular weight is 404 g/mol.